The van der Waals surface area contributed by atoms with Gasteiger partial charge in [0.2, 0.25) is 0 Å². The highest BCUT2D eigenvalue weighted by molar-refractivity contribution is 5.94. The second-order valence-electron chi connectivity index (χ2n) is 3.53. The molecule has 0 aliphatic carbocycles. The maximum atomic E-state index is 13.3. The number of nitrogens with zero attached hydrogens (tertiary/aromatic N) is 1. The molecule has 0 saturated heterocycles. The van der Waals surface area contributed by atoms with E-state index in [0.717, 1.165) is 0 Å². The molecule has 88 valence electrons. The van der Waals surface area contributed by atoms with Crippen LogP contribution in [0.5, 0.6) is 0 Å². The van der Waals surface area contributed by atoms with Crippen molar-refractivity contribution in [3.63, 3.8) is 0 Å². The normalized spacial score (nSPS) is 10.3. The summed E-state index contributed by atoms with van der Waals surface area (Å²) in [4.78, 5) is 12.8. The summed E-state index contributed by atoms with van der Waals surface area (Å²) < 4.78 is 26.3. The van der Waals surface area contributed by atoms with Crippen LogP contribution in [0, 0.1) is 18.6 Å². The molecule has 0 unspecified atom stereocenters. The van der Waals surface area contributed by atoms with Gasteiger partial charge in [-0.1, -0.05) is 0 Å². The molecule has 0 atom stereocenters. The predicted molar refractivity (Wildman–Crippen MR) is 55.1 cm³/mol. The number of hydrogen-bond acceptors (Lipinski definition) is 2. The zero-order valence-corrected chi connectivity index (χ0v) is 9.13. The molecule has 0 aliphatic rings. The lowest BCUT2D eigenvalue weighted by Gasteiger charge is -2.16. The first-order valence-corrected chi connectivity index (χ1v) is 4.79. The van der Waals surface area contributed by atoms with Crippen LogP contribution in [0.15, 0.2) is 12.1 Å². The Bertz CT molecular complexity index is 407. The Morgan fingerprint density at radius 1 is 1.38 bits per heavy atom. The highest BCUT2D eigenvalue weighted by atomic mass is 19.1. The number of carbonyl (C=O) groups is 1. The van der Waals surface area contributed by atoms with E-state index in [1.165, 1.54) is 24.9 Å². The highest BCUT2D eigenvalue weighted by Crippen LogP contribution is 2.15. The number of benzene rings is 1. The fraction of sp³-hybridized carbons (Fsp3) is 0.364. The molecule has 3 nitrogen and oxygen atoms in total. The number of amides is 1. The largest absolute Gasteiger partial charge is 0.395 e. The molecule has 1 aromatic rings. The van der Waals surface area contributed by atoms with Crippen molar-refractivity contribution < 1.29 is 18.7 Å². The molecule has 0 fully saturated rings. The van der Waals surface area contributed by atoms with Crippen LogP contribution in [0.1, 0.15) is 15.9 Å². The molecule has 1 amide bonds. The van der Waals surface area contributed by atoms with Gasteiger partial charge in [0, 0.05) is 19.7 Å². The molecule has 0 aliphatic heterocycles. The van der Waals surface area contributed by atoms with Gasteiger partial charge in [0.15, 0.2) is 0 Å². The number of likely N-dealkylation sites (N-methyl/N-ethyl adjacent to an activating group) is 1. The van der Waals surface area contributed by atoms with Crippen molar-refractivity contribution in [2.75, 3.05) is 20.2 Å². The van der Waals surface area contributed by atoms with Crippen molar-refractivity contribution in [3.8, 4) is 0 Å². The Kier molecular flexibility index (Phi) is 3.95. The summed E-state index contributed by atoms with van der Waals surface area (Å²) in [6.07, 6.45) is 0. The maximum Gasteiger partial charge on any atom is 0.256 e. The molecule has 1 N–H and O–H groups in total. The fourth-order valence-electron chi connectivity index (χ4n) is 1.28. The van der Waals surface area contributed by atoms with Gasteiger partial charge in [-0.3, -0.25) is 4.79 Å². The van der Waals surface area contributed by atoms with Gasteiger partial charge >= 0.3 is 0 Å². The van der Waals surface area contributed by atoms with Gasteiger partial charge in [-0.05, 0) is 18.6 Å². The van der Waals surface area contributed by atoms with Gasteiger partial charge in [0.05, 0.1) is 12.2 Å². The van der Waals surface area contributed by atoms with Crippen molar-refractivity contribution >= 4 is 5.91 Å². The van der Waals surface area contributed by atoms with E-state index < -0.39 is 17.5 Å². The molecule has 1 aromatic carbocycles. The number of halogens is 2. The third-order valence-corrected chi connectivity index (χ3v) is 2.26. The minimum atomic E-state index is -0.891. The number of aliphatic hydroxyl groups is 1. The third kappa shape index (κ3) is 2.55. The number of aliphatic hydroxyl groups excluding tert-OH is 1. The first kappa shape index (κ1) is 12.6. The van der Waals surface area contributed by atoms with Crippen LogP contribution in [0.4, 0.5) is 8.78 Å². The van der Waals surface area contributed by atoms with Crippen molar-refractivity contribution in [1.82, 2.24) is 4.90 Å². The van der Waals surface area contributed by atoms with Gasteiger partial charge < -0.3 is 10.0 Å². The molecule has 5 heteroatoms. The van der Waals surface area contributed by atoms with E-state index in [2.05, 4.69) is 0 Å². The molecule has 0 aromatic heterocycles. The first-order valence-electron chi connectivity index (χ1n) is 4.79. The van der Waals surface area contributed by atoms with Crippen molar-refractivity contribution in [2.24, 2.45) is 0 Å². The van der Waals surface area contributed by atoms with E-state index in [-0.39, 0.29) is 24.3 Å². The average molecular weight is 229 g/mol. The summed E-state index contributed by atoms with van der Waals surface area (Å²) in [6, 6.07) is 1.86. The van der Waals surface area contributed by atoms with Crippen molar-refractivity contribution in [2.45, 2.75) is 6.92 Å². The van der Waals surface area contributed by atoms with Crippen LogP contribution in [0.3, 0.4) is 0 Å². The monoisotopic (exact) mass is 229 g/mol. The summed E-state index contributed by atoms with van der Waals surface area (Å²) in [5.74, 6) is -2.15. The average Bonchev–Trinajstić information content (AvgIpc) is 2.23. The topological polar surface area (TPSA) is 40.5 Å². The van der Waals surface area contributed by atoms with E-state index in [4.69, 9.17) is 5.11 Å². The van der Waals surface area contributed by atoms with Gasteiger partial charge in [-0.15, -0.1) is 0 Å². The van der Waals surface area contributed by atoms with E-state index in [1.54, 1.807) is 0 Å². The van der Waals surface area contributed by atoms with Gasteiger partial charge in [0.25, 0.3) is 5.91 Å². The van der Waals surface area contributed by atoms with Crippen molar-refractivity contribution in [1.29, 1.82) is 0 Å². The van der Waals surface area contributed by atoms with E-state index >= 15 is 0 Å². The number of carbonyl (C=O) groups excluding carboxylic acids is 1. The molecular formula is C11H13F2NO2. The minimum absolute atomic E-state index is 0.106. The Balaban J connectivity index is 3.04. The van der Waals surface area contributed by atoms with Crippen molar-refractivity contribution in [3.05, 3.63) is 34.9 Å². The quantitative estimate of drug-likeness (QED) is 0.849. The number of rotatable bonds is 3. The molecule has 1 rings (SSSR count). The minimum Gasteiger partial charge on any atom is -0.395 e. The molecule has 0 heterocycles. The highest BCUT2D eigenvalue weighted by Gasteiger charge is 2.17. The van der Waals surface area contributed by atoms with Gasteiger partial charge in [-0.2, -0.15) is 0 Å². The predicted octanol–water partition coefficient (Wildman–Crippen LogP) is 1.34. The summed E-state index contributed by atoms with van der Waals surface area (Å²) in [5.41, 5.74) is 0.0250. The van der Waals surface area contributed by atoms with Gasteiger partial charge in [-0.25, -0.2) is 8.78 Å². The number of aryl methyl sites for hydroxylation is 1. The summed E-state index contributed by atoms with van der Waals surface area (Å²) in [6.45, 7) is 1.36. The second-order valence-corrected chi connectivity index (χ2v) is 3.53. The molecule has 0 saturated carbocycles. The first-order chi connectivity index (χ1) is 7.47. The molecular weight excluding hydrogens is 216 g/mol. The van der Waals surface area contributed by atoms with Crippen LogP contribution in [0.25, 0.3) is 0 Å². The lowest BCUT2D eigenvalue weighted by molar-refractivity contribution is 0.0762. The zero-order chi connectivity index (χ0) is 12.3. The maximum absolute atomic E-state index is 13.3. The summed E-state index contributed by atoms with van der Waals surface area (Å²) in [7, 11) is 1.44. The second kappa shape index (κ2) is 5.03. The Morgan fingerprint density at radius 2 is 2.00 bits per heavy atom. The van der Waals surface area contributed by atoms with Crippen LogP contribution in [0.2, 0.25) is 0 Å². The number of hydrogen-bond donors (Lipinski definition) is 1. The Hall–Kier alpha value is -1.49. The molecule has 0 bridgehead atoms. The standard InChI is InChI=1S/C11H13F2NO2/c1-7-5-8(10(13)6-9(7)12)11(16)14(2)3-4-15/h5-6,15H,3-4H2,1-2H3. The SMILES string of the molecule is Cc1cc(C(=O)N(C)CCO)c(F)cc1F. The fourth-order valence-corrected chi connectivity index (χ4v) is 1.28. The smallest absolute Gasteiger partial charge is 0.256 e. The van der Waals surface area contributed by atoms with Crippen LogP contribution in [-0.4, -0.2) is 36.1 Å². The van der Waals surface area contributed by atoms with Gasteiger partial charge in [0.1, 0.15) is 11.6 Å². The van der Waals surface area contributed by atoms with Crippen LogP contribution in [-0.2, 0) is 0 Å². The summed E-state index contributed by atoms with van der Waals surface area (Å²) >= 11 is 0. The molecule has 16 heavy (non-hydrogen) atoms. The van der Waals surface area contributed by atoms with E-state index in [0.29, 0.717) is 6.07 Å². The Labute approximate surface area is 92.3 Å². The van der Waals surface area contributed by atoms with Crippen LogP contribution >= 0.6 is 0 Å². The van der Waals surface area contributed by atoms with Crippen LogP contribution < -0.4 is 0 Å². The third-order valence-electron chi connectivity index (χ3n) is 2.26. The Morgan fingerprint density at radius 3 is 2.56 bits per heavy atom. The zero-order valence-electron chi connectivity index (χ0n) is 9.13. The van der Waals surface area contributed by atoms with E-state index in [1.807, 2.05) is 0 Å². The molecule has 0 spiro atoms. The summed E-state index contributed by atoms with van der Waals surface area (Å²) in [5, 5.41) is 8.65. The lowest BCUT2D eigenvalue weighted by atomic mass is 10.1. The lowest BCUT2D eigenvalue weighted by Crippen LogP contribution is -2.30. The van der Waals surface area contributed by atoms with E-state index in [9.17, 15) is 13.6 Å². The molecule has 0 radical (unpaired) electrons.